The van der Waals surface area contributed by atoms with E-state index >= 15 is 0 Å². The van der Waals surface area contributed by atoms with Crippen molar-refractivity contribution in [1.29, 1.82) is 0 Å². The van der Waals surface area contributed by atoms with E-state index in [2.05, 4.69) is 15.3 Å². The van der Waals surface area contributed by atoms with Crippen molar-refractivity contribution in [2.45, 2.75) is 31.1 Å². The Balaban J connectivity index is 1.31. The summed E-state index contributed by atoms with van der Waals surface area (Å²) in [4.78, 5) is 36.3. The summed E-state index contributed by atoms with van der Waals surface area (Å²) in [5.74, 6) is 0.919. The normalized spacial score (nSPS) is 14.2. The van der Waals surface area contributed by atoms with Gasteiger partial charge in [-0.1, -0.05) is 12.1 Å². The molecular formula is C22H25FN4O2S2. The summed E-state index contributed by atoms with van der Waals surface area (Å²) in [6.45, 7) is 0.387. The number of nitrogens with one attached hydrogen (secondary N) is 2. The van der Waals surface area contributed by atoms with Gasteiger partial charge < -0.3 is 15.2 Å². The highest BCUT2D eigenvalue weighted by atomic mass is 32.2. The van der Waals surface area contributed by atoms with E-state index in [1.54, 1.807) is 17.4 Å². The van der Waals surface area contributed by atoms with Crippen molar-refractivity contribution in [1.82, 2.24) is 20.2 Å². The quantitative estimate of drug-likeness (QED) is 0.540. The van der Waals surface area contributed by atoms with Crippen molar-refractivity contribution >= 4 is 39.2 Å². The molecule has 4 rings (SSSR count). The Morgan fingerprint density at radius 3 is 3.00 bits per heavy atom. The Bertz CT molecular complexity index is 1160. The lowest BCUT2D eigenvalue weighted by Crippen LogP contribution is -2.35. The van der Waals surface area contributed by atoms with Crippen LogP contribution < -0.4 is 10.9 Å². The number of aromatic nitrogens is 2. The Morgan fingerprint density at radius 2 is 2.23 bits per heavy atom. The van der Waals surface area contributed by atoms with Crippen LogP contribution in [-0.4, -0.2) is 47.2 Å². The highest BCUT2D eigenvalue weighted by Crippen LogP contribution is 2.34. The lowest BCUT2D eigenvalue weighted by atomic mass is 10.1. The van der Waals surface area contributed by atoms with Crippen LogP contribution >= 0.6 is 23.1 Å². The molecule has 0 saturated carbocycles. The number of carbonyl (C=O) groups is 1. The number of hydrogen-bond donors (Lipinski definition) is 2. The Morgan fingerprint density at radius 1 is 1.39 bits per heavy atom. The van der Waals surface area contributed by atoms with Crippen LogP contribution in [0.25, 0.3) is 10.2 Å². The summed E-state index contributed by atoms with van der Waals surface area (Å²) >= 11 is 3.02. The molecule has 0 aliphatic heterocycles. The summed E-state index contributed by atoms with van der Waals surface area (Å²) in [5, 5.41) is 3.67. The van der Waals surface area contributed by atoms with Crippen molar-refractivity contribution in [3.63, 3.8) is 0 Å². The standard InChI is InChI=1S/C22H25FN4O2S2/c1-27(2)16(13-5-3-6-14(23)9-13)10-24-19(28)12-30-11-18-25-21(29)20-15-7-4-8-17(15)31-22(20)26-18/h3,5-6,9,16H,4,7-8,10-12H2,1-2H3,(H,24,28)(H,25,26,29). The van der Waals surface area contributed by atoms with Gasteiger partial charge in [-0.2, -0.15) is 0 Å². The first-order valence-electron chi connectivity index (χ1n) is 10.2. The minimum absolute atomic E-state index is 0.0756. The number of likely N-dealkylation sites (N-methyl/N-ethyl adjacent to an activating group) is 1. The minimum atomic E-state index is -0.291. The lowest BCUT2D eigenvalue weighted by Gasteiger charge is -2.25. The van der Waals surface area contributed by atoms with Gasteiger partial charge in [0.25, 0.3) is 5.56 Å². The van der Waals surface area contributed by atoms with E-state index in [4.69, 9.17) is 0 Å². The van der Waals surface area contributed by atoms with E-state index in [9.17, 15) is 14.0 Å². The highest BCUT2D eigenvalue weighted by molar-refractivity contribution is 7.99. The van der Waals surface area contributed by atoms with Gasteiger partial charge in [-0.25, -0.2) is 9.37 Å². The van der Waals surface area contributed by atoms with Crippen molar-refractivity contribution in [2.24, 2.45) is 0 Å². The molecule has 1 unspecified atom stereocenters. The first-order chi connectivity index (χ1) is 14.9. The van der Waals surface area contributed by atoms with Crippen LogP contribution in [0.1, 0.15) is 34.3 Å². The van der Waals surface area contributed by atoms with E-state index in [1.807, 2.05) is 25.1 Å². The zero-order chi connectivity index (χ0) is 22.0. The Kier molecular flexibility index (Phi) is 6.74. The molecule has 1 amide bonds. The van der Waals surface area contributed by atoms with E-state index < -0.39 is 0 Å². The van der Waals surface area contributed by atoms with E-state index in [1.165, 1.54) is 34.3 Å². The lowest BCUT2D eigenvalue weighted by molar-refractivity contribution is -0.118. The monoisotopic (exact) mass is 460 g/mol. The first kappa shape index (κ1) is 22.0. The molecule has 31 heavy (non-hydrogen) atoms. The third kappa shape index (κ3) is 4.99. The molecule has 0 saturated heterocycles. The average Bonchev–Trinajstić information content (AvgIpc) is 3.28. The van der Waals surface area contributed by atoms with Crippen LogP contribution in [0.2, 0.25) is 0 Å². The van der Waals surface area contributed by atoms with Crippen molar-refractivity contribution in [3.8, 4) is 0 Å². The van der Waals surface area contributed by atoms with Crippen molar-refractivity contribution < 1.29 is 9.18 Å². The van der Waals surface area contributed by atoms with Gasteiger partial charge in [-0.05, 0) is 56.6 Å². The number of aromatic amines is 1. The van der Waals surface area contributed by atoms with Gasteiger partial charge in [-0.15, -0.1) is 23.1 Å². The van der Waals surface area contributed by atoms with Crippen molar-refractivity contribution in [2.75, 3.05) is 26.4 Å². The maximum atomic E-state index is 13.6. The third-order valence-corrected chi connectivity index (χ3v) is 7.57. The molecular weight excluding hydrogens is 435 g/mol. The van der Waals surface area contributed by atoms with E-state index in [-0.39, 0.29) is 29.1 Å². The summed E-state index contributed by atoms with van der Waals surface area (Å²) in [6.07, 6.45) is 3.10. The zero-order valence-electron chi connectivity index (χ0n) is 17.5. The molecule has 6 nitrogen and oxygen atoms in total. The molecule has 164 valence electrons. The van der Waals surface area contributed by atoms with Crippen molar-refractivity contribution in [3.05, 3.63) is 62.3 Å². The number of carbonyl (C=O) groups excluding carboxylic acids is 1. The molecule has 2 aromatic heterocycles. The fourth-order valence-corrected chi connectivity index (χ4v) is 5.93. The number of hydrogen-bond acceptors (Lipinski definition) is 6. The molecule has 0 spiro atoms. The molecule has 1 aliphatic rings. The van der Waals surface area contributed by atoms with Gasteiger partial charge in [0.1, 0.15) is 16.5 Å². The first-order valence-corrected chi connectivity index (χ1v) is 12.2. The fourth-order valence-electron chi connectivity index (χ4n) is 3.93. The topological polar surface area (TPSA) is 78.1 Å². The van der Waals surface area contributed by atoms with Crippen LogP contribution in [0.3, 0.4) is 0 Å². The number of halogens is 1. The van der Waals surface area contributed by atoms with Gasteiger partial charge in [0.05, 0.1) is 22.9 Å². The van der Waals surface area contributed by atoms with Crippen LogP contribution in [-0.2, 0) is 23.4 Å². The number of aryl methyl sites for hydroxylation is 2. The molecule has 1 aromatic carbocycles. The number of H-pyrrole nitrogens is 1. The largest absolute Gasteiger partial charge is 0.353 e. The van der Waals surface area contributed by atoms with E-state index in [0.29, 0.717) is 18.1 Å². The number of amides is 1. The number of thioether (sulfide) groups is 1. The summed E-state index contributed by atoms with van der Waals surface area (Å²) in [6, 6.07) is 6.31. The molecule has 9 heteroatoms. The molecule has 2 N–H and O–H groups in total. The average molecular weight is 461 g/mol. The second-order valence-corrected chi connectivity index (χ2v) is 9.95. The molecule has 1 aliphatic carbocycles. The molecule has 0 fully saturated rings. The number of rotatable bonds is 8. The van der Waals surface area contributed by atoms with Gasteiger partial charge in [-0.3, -0.25) is 9.59 Å². The predicted molar refractivity (Wildman–Crippen MR) is 124 cm³/mol. The van der Waals surface area contributed by atoms with Gasteiger partial charge in [0.15, 0.2) is 0 Å². The Labute approximate surface area is 188 Å². The third-order valence-electron chi connectivity index (χ3n) is 5.45. The maximum Gasteiger partial charge on any atom is 0.259 e. The zero-order valence-corrected chi connectivity index (χ0v) is 19.2. The van der Waals surface area contributed by atoms with Crippen LogP contribution in [0, 0.1) is 5.82 Å². The van der Waals surface area contributed by atoms with Crippen LogP contribution in [0.5, 0.6) is 0 Å². The summed E-state index contributed by atoms with van der Waals surface area (Å²) < 4.78 is 13.6. The second-order valence-electron chi connectivity index (χ2n) is 7.88. The SMILES string of the molecule is CN(C)C(CNC(=O)CSCc1nc2sc3c(c2c(=O)[nH]1)CCC3)c1cccc(F)c1. The smallest absolute Gasteiger partial charge is 0.259 e. The molecule has 1 atom stereocenters. The molecule has 0 bridgehead atoms. The number of nitrogens with zero attached hydrogens (tertiary/aromatic N) is 2. The van der Waals surface area contributed by atoms with E-state index in [0.717, 1.165) is 35.0 Å². The van der Waals surface area contributed by atoms with Gasteiger partial charge >= 0.3 is 0 Å². The van der Waals surface area contributed by atoms with Crippen LogP contribution in [0.15, 0.2) is 29.1 Å². The minimum Gasteiger partial charge on any atom is -0.353 e. The predicted octanol–water partition coefficient (Wildman–Crippen LogP) is 3.26. The number of benzene rings is 1. The summed E-state index contributed by atoms with van der Waals surface area (Å²) in [7, 11) is 3.80. The number of thiophene rings is 1. The fraction of sp³-hybridized carbons (Fsp3) is 0.409. The van der Waals surface area contributed by atoms with Gasteiger partial charge in [0.2, 0.25) is 5.91 Å². The molecule has 2 heterocycles. The second kappa shape index (κ2) is 9.50. The summed E-state index contributed by atoms with van der Waals surface area (Å²) in [5.41, 5.74) is 1.91. The van der Waals surface area contributed by atoms with Crippen LogP contribution in [0.4, 0.5) is 4.39 Å². The molecule has 0 radical (unpaired) electrons. The molecule has 3 aromatic rings. The number of fused-ring (bicyclic) bond motifs is 3. The maximum absolute atomic E-state index is 13.6. The highest BCUT2D eigenvalue weighted by Gasteiger charge is 2.21. The van der Waals surface area contributed by atoms with Gasteiger partial charge in [0, 0.05) is 11.4 Å². The Hall–Kier alpha value is -2.23.